The van der Waals surface area contributed by atoms with Crippen molar-refractivity contribution >= 4 is 39.6 Å². The van der Waals surface area contributed by atoms with Crippen LogP contribution in [-0.4, -0.2) is 61.6 Å². The Balaban J connectivity index is 1.13. The number of methoxy groups -OCH3 is 1. The lowest BCUT2D eigenvalue weighted by Crippen LogP contribution is -2.41. The van der Waals surface area contributed by atoms with Crippen molar-refractivity contribution in [3.63, 3.8) is 0 Å². The van der Waals surface area contributed by atoms with E-state index in [4.69, 9.17) is 20.4 Å². The summed E-state index contributed by atoms with van der Waals surface area (Å²) >= 11 is 0. The molecule has 46 heavy (non-hydrogen) atoms. The van der Waals surface area contributed by atoms with Crippen molar-refractivity contribution in [2.75, 3.05) is 19.0 Å². The number of piperidine rings is 1. The summed E-state index contributed by atoms with van der Waals surface area (Å²) in [6.07, 6.45) is 5.72. The highest BCUT2D eigenvalue weighted by Crippen LogP contribution is 2.40. The Morgan fingerprint density at radius 2 is 1.91 bits per heavy atom. The first kappa shape index (κ1) is 27.6. The maximum Gasteiger partial charge on any atom is 0.254 e. The monoisotopic (exact) mass is 615 g/mol. The van der Waals surface area contributed by atoms with Gasteiger partial charge in [-0.2, -0.15) is 0 Å². The molecule has 0 spiro atoms. The number of hydrogen-bond donors (Lipinski definition) is 2. The van der Waals surface area contributed by atoms with Gasteiger partial charge >= 0.3 is 0 Å². The van der Waals surface area contributed by atoms with Gasteiger partial charge in [0.15, 0.2) is 5.82 Å². The van der Waals surface area contributed by atoms with Crippen LogP contribution in [0.2, 0.25) is 0 Å². The molecular formula is C36H37N7O3. The highest BCUT2D eigenvalue weighted by molar-refractivity contribution is 6.00. The molecule has 10 nitrogen and oxygen atoms in total. The van der Waals surface area contributed by atoms with E-state index in [1.165, 1.54) is 12.8 Å². The van der Waals surface area contributed by atoms with E-state index in [9.17, 15) is 9.59 Å². The van der Waals surface area contributed by atoms with Crippen LogP contribution in [0.4, 0.5) is 5.69 Å². The van der Waals surface area contributed by atoms with E-state index in [-0.39, 0.29) is 23.9 Å². The second-order valence-corrected chi connectivity index (χ2v) is 13.6. The summed E-state index contributed by atoms with van der Waals surface area (Å²) in [7, 11) is 3.66. The molecule has 3 atom stereocenters. The molecule has 0 radical (unpaired) electrons. The number of amides is 2. The summed E-state index contributed by atoms with van der Waals surface area (Å²) in [5.41, 5.74) is 14.5. The Bertz CT molecular complexity index is 2090. The fourth-order valence-corrected chi connectivity index (χ4v) is 8.03. The molecule has 10 heteroatoms. The first-order chi connectivity index (χ1) is 22.4. The van der Waals surface area contributed by atoms with Crippen molar-refractivity contribution in [3.8, 4) is 28.5 Å². The lowest BCUT2D eigenvalue weighted by atomic mass is 9.99. The zero-order valence-electron chi connectivity index (χ0n) is 26.1. The first-order valence-corrected chi connectivity index (χ1v) is 16.4. The molecule has 3 aromatic heterocycles. The van der Waals surface area contributed by atoms with Gasteiger partial charge in [0.05, 0.1) is 24.0 Å². The number of nitrogens with two attached hydrogens (primary N) is 1. The number of carbonyl (C=O) groups is 2. The van der Waals surface area contributed by atoms with Crippen LogP contribution >= 0.6 is 0 Å². The van der Waals surface area contributed by atoms with E-state index >= 15 is 0 Å². The fourth-order valence-electron chi connectivity index (χ4n) is 8.03. The second-order valence-electron chi connectivity index (χ2n) is 13.6. The Morgan fingerprint density at radius 3 is 2.67 bits per heavy atom. The van der Waals surface area contributed by atoms with Crippen LogP contribution in [0.5, 0.6) is 5.75 Å². The quantitative estimate of drug-likeness (QED) is 0.274. The summed E-state index contributed by atoms with van der Waals surface area (Å²) in [4.78, 5) is 37.9. The van der Waals surface area contributed by atoms with Crippen molar-refractivity contribution in [2.24, 2.45) is 24.6 Å². The van der Waals surface area contributed by atoms with Crippen LogP contribution < -0.4 is 15.8 Å². The number of rotatable bonds is 6. The lowest BCUT2D eigenvalue weighted by molar-refractivity contribution is -0.116. The molecule has 3 unspecified atom stereocenters. The number of aromatic nitrogens is 4. The molecule has 2 aromatic carbocycles. The van der Waals surface area contributed by atoms with Crippen molar-refractivity contribution in [1.29, 1.82) is 0 Å². The normalized spacial score (nSPS) is 22.1. The van der Waals surface area contributed by atoms with E-state index in [0.29, 0.717) is 29.6 Å². The van der Waals surface area contributed by atoms with E-state index in [1.807, 2.05) is 36.2 Å². The van der Waals surface area contributed by atoms with E-state index < -0.39 is 0 Å². The molecule has 234 valence electrons. The van der Waals surface area contributed by atoms with Gasteiger partial charge in [0.1, 0.15) is 16.9 Å². The number of carbonyl (C=O) groups excluding carboxylic acids is 2. The summed E-state index contributed by atoms with van der Waals surface area (Å²) in [6.45, 7) is 1.59. The van der Waals surface area contributed by atoms with Crippen molar-refractivity contribution < 1.29 is 14.3 Å². The number of ether oxygens (including phenoxy) is 1. The van der Waals surface area contributed by atoms with Gasteiger partial charge in [0, 0.05) is 60.8 Å². The Kier molecular flexibility index (Phi) is 6.09. The topological polar surface area (TPSA) is 120 Å². The number of imidazole rings is 1. The van der Waals surface area contributed by atoms with Crippen LogP contribution in [-0.2, 0) is 24.8 Å². The maximum absolute atomic E-state index is 13.7. The number of hydrogen-bond acceptors (Lipinski definition) is 6. The van der Waals surface area contributed by atoms with Crippen LogP contribution in [0, 0.1) is 11.8 Å². The van der Waals surface area contributed by atoms with Gasteiger partial charge in [-0.25, -0.2) is 9.97 Å². The Hall–Kier alpha value is -4.70. The minimum Gasteiger partial charge on any atom is -0.494 e. The van der Waals surface area contributed by atoms with Crippen molar-refractivity contribution in [2.45, 2.75) is 57.2 Å². The SMILES string of the molecule is COc1cc(C(=O)N2CC3CCC2C3N)cc2nc(-c3cc4ccc(-c5ccc6c(c5)CCC(=O)N6)nc4n3CC3CC3)n(C)c12. The summed E-state index contributed by atoms with van der Waals surface area (Å²) in [5, 5.41) is 4.03. The average molecular weight is 616 g/mol. The number of nitrogens with one attached hydrogen (secondary N) is 1. The molecule has 3 fully saturated rings. The number of benzene rings is 2. The highest BCUT2D eigenvalue weighted by atomic mass is 16.5. The molecule has 4 aliphatic rings. The number of fused-ring (bicyclic) bond motifs is 5. The zero-order valence-corrected chi connectivity index (χ0v) is 26.1. The average Bonchev–Trinajstić information content (AvgIpc) is 3.47. The van der Waals surface area contributed by atoms with E-state index in [1.54, 1.807) is 7.11 Å². The number of nitrogens with zero attached hydrogens (tertiary/aromatic N) is 5. The zero-order chi connectivity index (χ0) is 31.3. The molecule has 2 bridgehead atoms. The van der Waals surface area contributed by atoms with Crippen molar-refractivity contribution in [1.82, 2.24) is 24.0 Å². The summed E-state index contributed by atoms with van der Waals surface area (Å²) < 4.78 is 10.3. The third-order valence-electron chi connectivity index (χ3n) is 10.7. The highest BCUT2D eigenvalue weighted by Gasteiger charge is 2.47. The molecular weight excluding hydrogens is 578 g/mol. The van der Waals surface area contributed by atoms with Gasteiger partial charge in [-0.15, -0.1) is 0 Å². The maximum atomic E-state index is 13.7. The predicted molar refractivity (Wildman–Crippen MR) is 177 cm³/mol. The standard InChI is InChI=1S/C36H37N7O3/c1-41-33-27(14-24(16-30(33)46-2)36(45)43-18-23-7-11-28(43)32(23)37)40-35(41)29-15-22-6-10-26(39-34(22)42(29)17-19-3-4-19)20-5-9-25-21(13-20)8-12-31(44)38-25/h5-6,9-10,13-16,19,23,28,32H,3-4,7-8,11-12,17-18,37H2,1-2H3,(H,38,44). The van der Waals surface area contributed by atoms with Gasteiger partial charge in [0.2, 0.25) is 5.91 Å². The largest absolute Gasteiger partial charge is 0.494 e. The molecule has 9 rings (SSSR count). The fraction of sp³-hybridized carbons (Fsp3) is 0.389. The summed E-state index contributed by atoms with van der Waals surface area (Å²) in [5.74, 6) is 2.51. The van der Waals surface area contributed by atoms with Crippen LogP contribution in [0.25, 0.3) is 44.8 Å². The summed E-state index contributed by atoms with van der Waals surface area (Å²) in [6, 6.07) is 16.5. The smallest absolute Gasteiger partial charge is 0.254 e. The molecule has 3 N–H and O–H groups in total. The van der Waals surface area contributed by atoms with Gasteiger partial charge < -0.3 is 29.8 Å². The molecule has 1 saturated heterocycles. The Morgan fingerprint density at radius 1 is 1.04 bits per heavy atom. The number of likely N-dealkylation sites (tertiary alicyclic amines) is 1. The number of aryl methyl sites for hydroxylation is 2. The van der Waals surface area contributed by atoms with Crippen LogP contribution in [0.3, 0.4) is 0 Å². The van der Waals surface area contributed by atoms with Gasteiger partial charge in [-0.05, 0) is 92.0 Å². The molecule has 5 aromatic rings. The predicted octanol–water partition coefficient (Wildman–Crippen LogP) is 5.12. The minimum atomic E-state index is -0.000752. The van der Waals surface area contributed by atoms with Crippen LogP contribution in [0.15, 0.2) is 48.5 Å². The van der Waals surface area contributed by atoms with Gasteiger partial charge in [0.25, 0.3) is 5.91 Å². The van der Waals surface area contributed by atoms with Gasteiger partial charge in [-0.1, -0.05) is 6.07 Å². The third kappa shape index (κ3) is 4.26. The lowest BCUT2D eigenvalue weighted by Gasteiger charge is -2.27. The molecule has 2 aliphatic carbocycles. The van der Waals surface area contributed by atoms with E-state index in [2.05, 4.69) is 38.7 Å². The van der Waals surface area contributed by atoms with Crippen LogP contribution in [0.1, 0.15) is 48.0 Å². The molecule has 2 saturated carbocycles. The third-order valence-corrected chi connectivity index (χ3v) is 10.7. The molecule has 5 heterocycles. The Labute approximate surface area is 266 Å². The van der Waals surface area contributed by atoms with Gasteiger partial charge in [-0.3, -0.25) is 9.59 Å². The molecule has 2 aliphatic heterocycles. The number of anilines is 1. The second kappa shape index (κ2) is 10.2. The first-order valence-electron chi connectivity index (χ1n) is 16.4. The van der Waals surface area contributed by atoms with E-state index in [0.717, 1.165) is 88.4 Å². The van der Waals surface area contributed by atoms with Crippen molar-refractivity contribution in [3.05, 3.63) is 59.7 Å². The number of pyridine rings is 1. The minimum absolute atomic E-state index is 0.000752. The molecule has 2 amide bonds.